The van der Waals surface area contributed by atoms with Gasteiger partial charge in [0.05, 0.1) is 5.69 Å². The molecule has 0 bridgehead atoms. The summed E-state index contributed by atoms with van der Waals surface area (Å²) in [5, 5.41) is 9.90. The molecule has 0 spiro atoms. The molecule has 2 atom stereocenters. The molecular formula is C16H17N3O. The SMILES string of the molecule is O=C(Nc1ccc(-c2ccn[nH]2)cc1)C1CC2CC2C1. The van der Waals surface area contributed by atoms with E-state index >= 15 is 0 Å². The zero-order valence-electron chi connectivity index (χ0n) is 11.2. The molecule has 2 saturated carbocycles. The first-order chi connectivity index (χ1) is 9.79. The fourth-order valence-electron chi connectivity index (χ4n) is 3.32. The van der Waals surface area contributed by atoms with Crippen LogP contribution in [0, 0.1) is 17.8 Å². The van der Waals surface area contributed by atoms with E-state index in [1.54, 1.807) is 6.20 Å². The van der Waals surface area contributed by atoms with Crippen LogP contribution in [0.25, 0.3) is 11.3 Å². The van der Waals surface area contributed by atoms with E-state index in [1.807, 2.05) is 30.3 Å². The molecule has 1 aromatic carbocycles. The molecule has 4 nitrogen and oxygen atoms in total. The molecule has 4 heteroatoms. The second-order valence-electron chi connectivity index (χ2n) is 5.96. The summed E-state index contributed by atoms with van der Waals surface area (Å²) in [5.74, 6) is 2.10. The highest BCUT2D eigenvalue weighted by atomic mass is 16.1. The van der Waals surface area contributed by atoms with Crippen LogP contribution in [0.5, 0.6) is 0 Å². The number of nitrogens with zero attached hydrogens (tertiary/aromatic N) is 1. The van der Waals surface area contributed by atoms with Crippen molar-refractivity contribution in [2.75, 3.05) is 5.32 Å². The van der Waals surface area contributed by atoms with Gasteiger partial charge in [-0.15, -0.1) is 0 Å². The van der Waals surface area contributed by atoms with Crippen LogP contribution in [0.3, 0.4) is 0 Å². The van der Waals surface area contributed by atoms with Crippen molar-refractivity contribution in [3.8, 4) is 11.3 Å². The molecule has 2 aliphatic carbocycles. The Labute approximate surface area is 117 Å². The number of anilines is 1. The number of fused-ring (bicyclic) bond motifs is 1. The molecule has 0 radical (unpaired) electrons. The number of carbonyl (C=O) groups excluding carboxylic acids is 1. The van der Waals surface area contributed by atoms with E-state index in [2.05, 4.69) is 15.5 Å². The number of H-pyrrole nitrogens is 1. The molecule has 2 N–H and O–H groups in total. The van der Waals surface area contributed by atoms with Gasteiger partial charge >= 0.3 is 0 Å². The second-order valence-corrected chi connectivity index (χ2v) is 5.96. The summed E-state index contributed by atoms with van der Waals surface area (Å²) in [6.07, 6.45) is 5.25. The van der Waals surface area contributed by atoms with Gasteiger partial charge in [-0.3, -0.25) is 9.89 Å². The number of benzene rings is 1. The Kier molecular flexibility index (Phi) is 2.62. The number of rotatable bonds is 3. The molecule has 1 amide bonds. The Morgan fingerprint density at radius 2 is 1.85 bits per heavy atom. The van der Waals surface area contributed by atoms with Crippen LogP contribution in [0.15, 0.2) is 36.5 Å². The number of aromatic nitrogens is 2. The summed E-state index contributed by atoms with van der Waals surface area (Å²) in [5.41, 5.74) is 2.93. The van der Waals surface area contributed by atoms with Crippen molar-refractivity contribution in [3.63, 3.8) is 0 Å². The first-order valence-corrected chi connectivity index (χ1v) is 7.20. The number of amides is 1. The fraction of sp³-hybridized carbons (Fsp3) is 0.375. The van der Waals surface area contributed by atoms with E-state index in [-0.39, 0.29) is 11.8 Å². The maximum atomic E-state index is 12.2. The molecular weight excluding hydrogens is 250 g/mol. The normalized spacial score (nSPS) is 27.1. The lowest BCUT2D eigenvalue weighted by atomic mass is 10.0. The molecule has 2 aliphatic rings. The lowest BCUT2D eigenvalue weighted by Crippen LogP contribution is -2.21. The van der Waals surface area contributed by atoms with Gasteiger partial charge in [0.2, 0.25) is 5.91 Å². The smallest absolute Gasteiger partial charge is 0.227 e. The quantitative estimate of drug-likeness (QED) is 0.898. The minimum absolute atomic E-state index is 0.187. The highest BCUT2D eigenvalue weighted by molar-refractivity contribution is 5.93. The predicted octanol–water partition coefficient (Wildman–Crippen LogP) is 3.06. The van der Waals surface area contributed by atoms with Gasteiger partial charge in [-0.25, -0.2) is 0 Å². The monoisotopic (exact) mass is 267 g/mol. The Morgan fingerprint density at radius 1 is 1.10 bits per heavy atom. The van der Waals surface area contributed by atoms with Crippen LogP contribution in [-0.2, 0) is 4.79 Å². The highest BCUT2D eigenvalue weighted by Gasteiger charge is 2.47. The molecule has 2 unspecified atom stereocenters. The molecule has 0 saturated heterocycles. The van der Waals surface area contributed by atoms with Crippen LogP contribution in [-0.4, -0.2) is 16.1 Å². The molecule has 102 valence electrons. The standard InChI is InChI=1S/C16H17N3O/c20-16(13-8-11-7-12(11)9-13)18-14-3-1-10(2-4-14)15-5-6-17-19-15/h1-6,11-13H,7-9H2,(H,17,19)(H,18,20). The Hall–Kier alpha value is -2.10. The van der Waals surface area contributed by atoms with E-state index in [0.29, 0.717) is 0 Å². The largest absolute Gasteiger partial charge is 0.326 e. The average Bonchev–Trinajstić information content (AvgIpc) is 2.92. The lowest BCUT2D eigenvalue weighted by Gasteiger charge is -2.12. The fourth-order valence-corrected chi connectivity index (χ4v) is 3.32. The van der Waals surface area contributed by atoms with Gasteiger partial charge < -0.3 is 5.32 Å². The third kappa shape index (κ3) is 2.11. The van der Waals surface area contributed by atoms with E-state index in [1.165, 1.54) is 6.42 Å². The van der Waals surface area contributed by atoms with Gasteiger partial charge in [-0.1, -0.05) is 12.1 Å². The summed E-state index contributed by atoms with van der Waals surface area (Å²) in [7, 11) is 0. The van der Waals surface area contributed by atoms with Crippen LogP contribution in [0.1, 0.15) is 19.3 Å². The summed E-state index contributed by atoms with van der Waals surface area (Å²) in [4.78, 5) is 12.2. The van der Waals surface area contributed by atoms with Crippen LogP contribution < -0.4 is 5.32 Å². The van der Waals surface area contributed by atoms with Gasteiger partial charge in [-0.2, -0.15) is 5.10 Å². The summed E-state index contributed by atoms with van der Waals surface area (Å²) in [6, 6.07) is 9.82. The van der Waals surface area contributed by atoms with Crippen LogP contribution in [0.4, 0.5) is 5.69 Å². The van der Waals surface area contributed by atoms with Gasteiger partial charge in [0.1, 0.15) is 0 Å². The van der Waals surface area contributed by atoms with Crippen molar-refractivity contribution in [2.24, 2.45) is 17.8 Å². The number of hydrogen-bond donors (Lipinski definition) is 2. The number of hydrogen-bond acceptors (Lipinski definition) is 2. The molecule has 0 aliphatic heterocycles. The maximum absolute atomic E-state index is 12.2. The minimum atomic E-state index is 0.187. The topological polar surface area (TPSA) is 57.8 Å². The zero-order chi connectivity index (χ0) is 13.5. The van der Waals surface area contributed by atoms with E-state index in [4.69, 9.17) is 0 Å². The highest BCUT2D eigenvalue weighted by Crippen LogP contribution is 2.54. The van der Waals surface area contributed by atoms with Crippen molar-refractivity contribution in [2.45, 2.75) is 19.3 Å². The Bertz CT molecular complexity index is 608. The third-order valence-corrected chi connectivity index (χ3v) is 4.58. The number of carbonyl (C=O) groups is 1. The molecule has 4 rings (SSSR count). The van der Waals surface area contributed by atoms with Crippen LogP contribution >= 0.6 is 0 Å². The summed E-state index contributed by atoms with van der Waals surface area (Å²) in [6.45, 7) is 0. The Morgan fingerprint density at radius 3 is 2.50 bits per heavy atom. The predicted molar refractivity (Wildman–Crippen MR) is 77.0 cm³/mol. The molecule has 2 aromatic rings. The maximum Gasteiger partial charge on any atom is 0.227 e. The van der Waals surface area contributed by atoms with Gasteiger partial charge in [-0.05, 0) is 54.9 Å². The van der Waals surface area contributed by atoms with Crippen molar-refractivity contribution < 1.29 is 4.79 Å². The van der Waals surface area contributed by atoms with Crippen molar-refractivity contribution >= 4 is 11.6 Å². The first-order valence-electron chi connectivity index (χ1n) is 7.20. The number of aromatic amines is 1. The lowest BCUT2D eigenvalue weighted by molar-refractivity contribution is -0.120. The van der Waals surface area contributed by atoms with Gasteiger partial charge in [0, 0.05) is 17.8 Å². The van der Waals surface area contributed by atoms with Crippen LogP contribution in [0.2, 0.25) is 0 Å². The van der Waals surface area contributed by atoms with E-state index < -0.39 is 0 Å². The summed E-state index contributed by atoms with van der Waals surface area (Å²) >= 11 is 0. The first kappa shape index (κ1) is 11.7. The Balaban J connectivity index is 1.42. The second kappa shape index (κ2) is 4.47. The van der Waals surface area contributed by atoms with Crippen molar-refractivity contribution in [1.29, 1.82) is 0 Å². The number of nitrogens with one attached hydrogen (secondary N) is 2. The summed E-state index contributed by atoms with van der Waals surface area (Å²) < 4.78 is 0. The average molecular weight is 267 g/mol. The molecule has 20 heavy (non-hydrogen) atoms. The molecule has 2 fully saturated rings. The minimum Gasteiger partial charge on any atom is -0.326 e. The molecule has 1 aromatic heterocycles. The molecule has 1 heterocycles. The van der Waals surface area contributed by atoms with E-state index in [9.17, 15) is 4.79 Å². The van der Waals surface area contributed by atoms with Gasteiger partial charge in [0.25, 0.3) is 0 Å². The van der Waals surface area contributed by atoms with Gasteiger partial charge in [0.15, 0.2) is 0 Å². The van der Waals surface area contributed by atoms with Crippen molar-refractivity contribution in [3.05, 3.63) is 36.5 Å². The van der Waals surface area contributed by atoms with E-state index in [0.717, 1.165) is 41.6 Å². The zero-order valence-corrected chi connectivity index (χ0v) is 11.2. The third-order valence-electron chi connectivity index (χ3n) is 4.58. The van der Waals surface area contributed by atoms with Crippen molar-refractivity contribution in [1.82, 2.24) is 10.2 Å².